The van der Waals surface area contributed by atoms with Crippen molar-refractivity contribution in [3.63, 3.8) is 0 Å². The average Bonchev–Trinajstić information content (AvgIpc) is 3.56. The Hall–Kier alpha value is -4.54. The third-order valence-corrected chi connectivity index (χ3v) is 7.77. The lowest BCUT2D eigenvalue weighted by atomic mass is 10.00. The normalized spacial score (nSPS) is 16.2. The summed E-state index contributed by atoms with van der Waals surface area (Å²) in [5.74, 6) is 0.242. The molecule has 210 valence electrons. The third kappa shape index (κ3) is 5.31. The number of likely N-dealkylation sites (N-methyl/N-ethyl adjacent to an activating group) is 1. The maximum absolute atomic E-state index is 13.2. The van der Waals surface area contributed by atoms with Crippen molar-refractivity contribution in [2.75, 3.05) is 58.3 Å². The van der Waals surface area contributed by atoms with Crippen molar-refractivity contribution < 1.29 is 19.4 Å². The van der Waals surface area contributed by atoms with Crippen LogP contribution in [0.25, 0.3) is 10.9 Å². The van der Waals surface area contributed by atoms with Crippen LogP contribution in [0.15, 0.2) is 65.8 Å². The summed E-state index contributed by atoms with van der Waals surface area (Å²) in [7, 11) is 3.43. The second-order valence-electron chi connectivity index (χ2n) is 10.5. The number of piperazine rings is 1. The van der Waals surface area contributed by atoms with Crippen molar-refractivity contribution in [2.45, 2.75) is 6.42 Å². The number of aromatic hydroxyl groups is 1. The van der Waals surface area contributed by atoms with E-state index in [0.717, 1.165) is 37.3 Å². The maximum atomic E-state index is 13.2. The third-order valence-electron chi connectivity index (χ3n) is 7.77. The van der Waals surface area contributed by atoms with Crippen molar-refractivity contribution in [1.82, 2.24) is 19.8 Å². The molecule has 0 aliphatic carbocycles. The molecule has 2 aromatic carbocycles. The fourth-order valence-corrected chi connectivity index (χ4v) is 5.50. The van der Waals surface area contributed by atoms with Gasteiger partial charge in [0.25, 0.3) is 0 Å². The largest absolute Gasteiger partial charge is 0.494 e. The quantitative estimate of drug-likeness (QED) is 0.279. The van der Waals surface area contributed by atoms with Crippen LogP contribution in [0.4, 0.5) is 11.5 Å². The number of carbonyl (C=O) groups is 2. The van der Waals surface area contributed by atoms with E-state index in [-0.39, 0.29) is 11.8 Å². The minimum atomic E-state index is -0.459. The first-order valence-corrected chi connectivity index (χ1v) is 13.7. The van der Waals surface area contributed by atoms with Gasteiger partial charge in [-0.1, -0.05) is 36.4 Å². The number of anilines is 1. The van der Waals surface area contributed by atoms with Gasteiger partial charge in [0.15, 0.2) is 5.88 Å². The smallest absolute Gasteiger partial charge is 0.337 e. The number of nitrogens with one attached hydrogen (secondary N) is 1. The van der Waals surface area contributed by atoms with Crippen molar-refractivity contribution in [3.8, 4) is 5.88 Å². The molecule has 6 rings (SSSR count). The Bertz CT molecular complexity index is 1640. The number of rotatable bonds is 6. The Morgan fingerprint density at radius 2 is 1.80 bits per heavy atom. The summed E-state index contributed by atoms with van der Waals surface area (Å²) in [5, 5.41) is 11.7. The molecule has 2 aromatic heterocycles. The van der Waals surface area contributed by atoms with E-state index in [2.05, 4.69) is 26.8 Å². The zero-order valence-electron chi connectivity index (χ0n) is 23.1. The number of aromatic nitrogens is 2. The van der Waals surface area contributed by atoms with Crippen LogP contribution >= 0.6 is 0 Å². The molecular weight excluding hydrogens is 520 g/mol. The van der Waals surface area contributed by atoms with E-state index < -0.39 is 5.97 Å². The van der Waals surface area contributed by atoms with Crippen molar-refractivity contribution in [3.05, 3.63) is 83.0 Å². The summed E-state index contributed by atoms with van der Waals surface area (Å²) in [6.45, 7) is 4.69. The number of H-pyrrole nitrogens is 1. The van der Waals surface area contributed by atoms with Gasteiger partial charge in [-0.2, -0.15) is 0 Å². The number of nitrogens with zero attached hydrogens (tertiary/aromatic N) is 5. The highest BCUT2D eigenvalue weighted by Crippen LogP contribution is 2.34. The summed E-state index contributed by atoms with van der Waals surface area (Å²) in [6, 6.07) is 16.7. The molecule has 0 unspecified atom stereocenters. The lowest BCUT2D eigenvalue weighted by Gasteiger charge is -2.32. The van der Waals surface area contributed by atoms with Gasteiger partial charge in [-0.3, -0.25) is 14.6 Å². The molecule has 0 bridgehead atoms. The summed E-state index contributed by atoms with van der Waals surface area (Å²) in [5.41, 5.74) is 4.44. The zero-order chi connectivity index (χ0) is 28.5. The molecule has 10 heteroatoms. The predicted octanol–water partition coefficient (Wildman–Crippen LogP) is 3.36. The molecule has 2 aliphatic heterocycles. The van der Waals surface area contributed by atoms with Gasteiger partial charge in [-0.25, -0.2) is 14.8 Å². The Kier molecular flexibility index (Phi) is 7.25. The molecule has 1 fully saturated rings. The lowest BCUT2D eigenvalue weighted by molar-refractivity contribution is -0.120. The van der Waals surface area contributed by atoms with E-state index in [9.17, 15) is 14.7 Å². The van der Waals surface area contributed by atoms with Crippen LogP contribution in [-0.4, -0.2) is 95.9 Å². The number of hydrogen-bond acceptors (Lipinski definition) is 8. The minimum absolute atomic E-state index is 0.0561. The van der Waals surface area contributed by atoms with Crippen molar-refractivity contribution in [2.24, 2.45) is 4.99 Å². The van der Waals surface area contributed by atoms with Gasteiger partial charge in [0.2, 0.25) is 5.91 Å². The fourth-order valence-electron chi connectivity index (χ4n) is 5.50. The predicted molar refractivity (Wildman–Crippen MR) is 157 cm³/mol. The van der Waals surface area contributed by atoms with E-state index in [1.165, 1.54) is 7.11 Å². The molecule has 0 atom stereocenters. The van der Waals surface area contributed by atoms with Crippen LogP contribution < -0.4 is 4.90 Å². The molecule has 2 N–H and O–H groups in total. The number of esters is 1. The Labute approximate surface area is 237 Å². The number of ether oxygens (including phenoxy) is 1. The number of fused-ring (bicyclic) bond motifs is 2. The highest BCUT2D eigenvalue weighted by Gasteiger charge is 2.28. The van der Waals surface area contributed by atoms with E-state index >= 15 is 0 Å². The molecular formula is C31H32N6O4. The van der Waals surface area contributed by atoms with Crippen LogP contribution in [0, 0.1) is 0 Å². The SMILES string of the molecule is COC(=O)c1ccc2c(C(=Nc3cnc4c(c3)CCN4C(=O)CN3CCN(C)CC3)c3ccccc3)c(O)[nH]c2c1. The number of methoxy groups -OCH3 is 1. The first-order chi connectivity index (χ1) is 19.9. The van der Waals surface area contributed by atoms with E-state index in [1.807, 2.05) is 36.4 Å². The molecule has 0 saturated carbocycles. The van der Waals surface area contributed by atoms with Crippen LogP contribution in [0.2, 0.25) is 0 Å². The molecule has 1 amide bonds. The molecule has 2 aliphatic rings. The average molecular weight is 553 g/mol. The maximum Gasteiger partial charge on any atom is 0.337 e. The van der Waals surface area contributed by atoms with Gasteiger partial charge in [0.05, 0.1) is 42.4 Å². The van der Waals surface area contributed by atoms with Crippen LogP contribution in [-0.2, 0) is 16.0 Å². The Balaban J connectivity index is 1.33. The van der Waals surface area contributed by atoms with E-state index in [4.69, 9.17) is 9.73 Å². The molecule has 10 nitrogen and oxygen atoms in total. The van der Waals surface area contributed by atoms with E-state index in [0.29, 0.717) is 58.8 Å². The highest BCUT2D eigenvalue weighted by atomic mass is 16.5. The van der Waals surface area contributed by atoms with Gasteiger partial charge < -0.3 is 19.7 Å². The number of benzene rings is 2. The highest BCUT2D eigenvalue weighted by molar-refractivity contribution is 6.22. The second kappa shape index (κ2) is 11.1. The topological polar surface area (TPSA) is 114 Å². The summed E-state index contributed by atoms with van der Waals surface area (Å²) in [4.78, 5) is 44.1. The summed E-state index contributed by atoms with van der Waals surface area (Å²) >= 11 is 0. The standard InChI is InChI=1S/C31H32N6O4/c1-35-12-14-36(15-13-35)19-26(38)37-11-10-21-16-23(18-32-29(21)37)33-28(20-6-4-3-5-7-20)27-24-9-8-22(31(40)41-2)17-25(24)34-30(27)39/h3-9,16-18,34,39H,10-15,19H2,1-2H3. The van der Waals surface area contributed by atoms with Crippen molar-refractivity contribution >= 4 is 40.0 Å². The number of aromatic amines is 1. The van der Waals surface area contributed by atoms with Gasteiger partial charge in [0, 0.05) is 49.2 Å². The summed E-state index contributed by atoms with van der Waals surface area (Å²) in [6.07, 6.45) is 2.37. The number of amides is 1. The Morgan fingerprint density at radius 3 is 2.56 bits per heavy atom. The van der Waals surface area contributed by atoms with Crippen molar-refractivity contribution in [1.29, 1.82) is 0 Å². The molecule has 1 saturated heterocycles. The first-order valence-electron chi connectivity index (χ1n) is 13.7. The Morgan fingerprint density at radius 1 is 1.02 bits per heavy atom. The number of carbonyl (C=O) groups excluding carboxylic acids is 2. The second-order valence-corrected chi connectivity index (χ2v) is 10.5. The molecule has 0 radical (unpaired) electrons. The van der Waals surface area contributed by atoms with Gasteiger partial charge in [-0.15, -0.1) is 0 Å². The van der Waals surface area contributed by atoms with Crippen LogP contribution in [0.5, 0.6) is 5.88 Å². The van der Waals surface area contributed by atoms with Crippen LogP contribution in [0.3, 0.4) is 0 Å². The number of hydrogen-bond donors (Lipinski definition) is 2. The molecule has 4 aromatic rings. The fraction of sp³-hybridized carbons (Fsp3) is 0.290. The van der Waals surface area contributed by atoms with Gasteiger partial charge >= 0.3 is 5.97 Å². The summed E-state index contributed by atoms with van der Waals surface area (Å²) < 4.78 is 4.84. The van der Waals surface area contributed by atoms with Crippen LogP contribution in [0.1, 0.15) is 27.0 Å². The molecule has 41 heavy (non-hydrogen) atoms. The van der Waals surface area contributed by atoms with Gasteiger partial charge in [-0.05, 0) is 37.2 Å². The van der Waals surface area contributed by atoms with Gasteiger partial charge in [0.1, 0.15) is 5.82 Å². The number of aliphatic imine (C=N–C) groups is 1. The zero-order valence-corrected chi connectivity index (χ0v) is 23.1. The van der Waals surface area contributed by atoms with E-state index in [1.54, 1.807) is 29.3 Å². The molecule has 0 spiro atoms. The number of pyridine rings is 1. The molecule has 4 heterocycles. The first kappa shape index (κ1) is 26.7. The monoisotopic (exact) mass is 552 g/mol. The minimum Gasteiger partial charge on any atom is -0.494 e. The lowest BCUT2D eigenvalue weighted by Crippen LogP contribution is -2.48.